The van der Waals surface area contributed by atoms with Crippen molar-refractivity contribution in [3.63, 3.8) is 0 Å². The summed E-state index contributed by atoms with van der Waals surface area (Å²) in [6, 6.07) is 4.15. The van der Waals surface area contributed by atoms with Crippen LogP contribution < -0.4 is 10.9 Å². The van der Waals surface area contributed by atoms with E-state index in [1.165, 1.54) is 47.9 Å². The number of aromatic nitrogens is 2. The molecule has 1 amide bonds. The van der Waals surface area contributed by atoms with Gasteiger partial charge in [0.05, 0.1) is 11.7 Å². The van der Waals surface area contributed by atoms with Crippen molar-refractivity contribution >= 4 is 38.8 Å². The van der Waals surface area contributed by atoms with Crippen LogP contribution in [0.5, 0.6) is 0 Å². The predicted octanol–water partition coefficient (Wildman–Crippen LogP) is 4.13. The van der Waals surface area contributed by atoms with Crippen LogP contribution in [0.2, 0.25) is 0 Å². The zero-order valence-corrected chi connectivity index (χ0v) is 17.4. The molecule has 146 valence electrons. The van der Waals surface area contributed by atoms with Gasteiger partial charge in [0.1, 0.15) is 11.4 Å². The molecule has 2 aliphatic carbocycles. The Labute approximate surface area is 171 Å². The van der Waals surface area contributed by atoms with Gasteiger partial charge in [-0.3, -0.25) is 14.2 Å². The highest BCUT2D eigenvalue weighted by Gasteiger charge is 2.42. The van der Waals surface area contributed by atoms with Crippen molar-refractivity contribution in [3.05, 3.63) is 39.6 Å². The van der Waals surface area contributed by atoms with Gasteiger partial charge in [0.2, 0.25) is 5.91 Å². The van der Waals surface area contributed by atoms with Gasteiger partial charge in [0.25, 0.3) is 5.56 Å². The van der Waals surface area contributed by atoms with Crippen LogP contribution in [0.4, 0.5) is 0 Å². The van der Waals surface area contributed by atoms with Crippen LogP contribution in [0.3, 0.4) is 0 Å². The quantitative estimate of drug-likeness (QED) is 0.684. The van der Waals surface area contributed by atoms with E-state index in [2.05, 4.69) is 17.2 Å². The van der Waals surface area contributed by atoms with Gasteiger partial charge in [-0.15, -0.1) is 22.7 Å². The highest BCUT2D eigenvalue weighted by atomic mass is 32.1. The second-order valence-electron chi connectivity index (χ2n) is 8.18. The van der Waals surface area contributed by atoms with Crippen LogP contribution in [0.1, 0.15) is 32.6 Å². The van der Waals surface area contributed by atoms with Crippen molar-refractivity contribution in [2.75, 3.05) is 0 Å². The normalized spacial score (nSPS) is 24.7. The zero-order chi connectivity index (χ0) is 19.3. The molecule has 2 saturated carbocycles. The number of nitrogens with zero attached hydrogens (tertiary/aromatic N) is 2. The highest BCUT2D eigenvalue weighted by Crippen LogP contribution is 2.49. The van der Waals surface area contributed by atoms with Crippen LogP contribution in [0, 0.1) is 17.8 Å². The molecule has 1 N–H and O–H groups in total. The van der Waals surface area contributed by atoms with Gasteiger partial charge in [0.15, 0.2) is 0 Å². The average Bonchev–Trinajstić information content (AvgIpc) is 3.46. The molecular formula is C21H23N3O2S2. The Morgan fingerprint density at radius 3 is 2.96 bits per heavy atom. The minimum atomic E-state index is -0.141. The van der Waals surface area contributed by atoms with Gasteiger partial charge in [-0.25, -0.2) is 4.98 Å². The maximum absolute atomic E-state index is 13.0. The molecule has 5 rings (SSSR count). The summed E-state index contributed by atoms with van der Waals surface area (Å²) in [5.74, 6) is 2.10. The van der Waals surface area contributed by atoms with Crippen LogP contribution in [0.25, 0.3) is 20.7 Å². The van der Waals surface area contributed by atoms with E-state index in [4.69, 9.17) is 0 Å². The SMILES string of the molecule is CC(NC(=O)Cn1cnc2scc(-c3cccs3)c2c1=O)C1CC2CCC1C2. The first-order valence-electron chi connectivity index (χ1n) is 9.90. The van der Waals surface area contributed by atoms with Crippen LogP contribution in [-0.2, 0) is 11.3 Å². The molecule has 2 aliphatic rings. The first-order valence-corrected chi connectivity index (χ1v) is 11.7. The number of hydrogen-bond acceptors (Lipinski definition) is 5. The predicted molar refractivity (Wildman–Crippen MR) is 114 cm³/mol. The number of amides is 1. The molecule has 7 heteroatoms. The lowest BCUT2D eigenvalue weighted by Gasteiger charge is -2.28. The summed E-state index contributed by atoms with van der Waals surface area (Å²) in [7, 11) is 0. The molecular weight excluding hydrogens is 390 g/mol. The first kappa shape index (κ1) is 18.1. The Morgan fingerprint density at radius 1 is 1.36 bits per heavy atom. The second kappa shape index (κ2) is 7.12. The van der Waals surface area contributed by atoms with E-state index in [0.717, 1.165) is 27.1 Å². The number of fused-ring (bicyclic) bond motifs is 3. The van der Waals surface area contributed by atoms with Gasteiger partial charge in [0, 0.05) is 21.9 Å². The lowest BCUT2D eigenvalue weighted by Crippen LogP contribution is -2.42. The van der Waals surface area contributed by atoms with E-state index in [1.54, 1.807) is 11.3 Å². The van der Waals surface area contributed by atoms with Crippen molar-refractivity contribution in [2.24, 2.45) is 17.8 Å². The molecule has 28 heavy (non-hydrogen) atoms. The fraction of sp³-hybridized carbons (Fsp3) is 0.476. The third kappa shape index (κ3) is 3.10. The van der Waals surface area contributed by atoms with E-state index in [9.17, 15) is 9.59 Å². The lowest BCUT2D eigenvalue weighted by atomic mass is 9.84. The molecule has 3 heterocycles. The number of hydrogen-bond donors (Lipinski definition) is 1. The molecule has 0 aliphatic heterocycles. The van der Waals surface area contributed by atoms with Gasteiger partial charge in [-0.05, 0) is 55.4 Å². The third-order valence-electron chi connectivity index (χ3n) is 6.48. The molecule has 4 atom stereocenters. The molecule has 3 aromatic rings. The van der Waals surface area contributed by atoms with E-state index < -0.39 is 0 Å². The molecule has 0 aromatic carbocycles. The first-order chi connectivity index (χ1) is 13.6. The van der Waals surface area contributed by atoms with E-state index in [0.29, 0.717) is 11.3 Å². The smallest absolute Gasteiger partial charge is 0.263 e. The van der Waals surface area contributed by atoms with Crippen LogP contribution >= 0.6 is 22.7 Å². The van der Waals surface area contributed by atoms with Gasteiger partial charge in [-0.2, -0.15) is 0 Å². The van der Waals surface area contributed by atoms with Crippen molar-refractivity contribution in [2.45, 2.75) is 45.2 Å². The Morgan fingerprint density at radius 2 is 2.25 bits per heavy atom. The van der Waals surface area contributed by atoms with Crippen LogP contribution in [-0.4, -0.2) is 21.5 Å². The molecule has 3 aromatic heterocycles. The summed E-state index contributed by atoms with van der Waals surface area (Å²) < 4.78 is 1.44. The lowest BCUT2D eigenvalue weighted by molar-refractivity contribution is -0.122. The van der Waals surface area contributed by atoms with Crippen LogP contribution in [0.15, 0.2) is 34.0 Å². The average molecular weight is 414 g/mol. The summed E-state index contributed by atoms with van der Waals surface area (Å²) in [5.41, 5.74) is 0.773. The third-order valence-corrected chi connectivity index (χ3v) is 8.27. The van der Waals surface area contributed by atoms with Gasteiger partial charge >= 0.3 is 0 Å². The maximum atomic E-state index is 13.0. The molecule has 0 radical (unpaired) electrons. The standard InChI is InChI=1S/C21H23N3O2S2/c1-12(15-8-13-4-5-14(15)7-13)23-18(25)9-24-11-22-20-19(21(24)26)16(10-28-20)17-3-2-6-27-17/h2-3,6,10-15H,4-5,7-9H2,1H3,(H,23,25). The second-order valence-corrected chi connectivity index (χ2v) is 9.99. The van der Waals surface area contributed by atoms with Gasteiger partial charge in [-0.1, -0.05) is 12.5 Å². The number of carbonyl (C=O) groups is 1. The summed E-state index contributed by atoms with van der Waals surface area (Å²) in [6.45, 7) is 2.13. The monoisotopic (exact) mass is 413 g/mol. The Hall–Kier alpha value is -1.99. The van der Waals surface area contributed by atoms with Crippen molar-refractivity contribution < 1.29 is 4.79 Å². The van der Waals surface area contributed by atoms with Crippen molar-refractivity contribution in [1.82, 2.24) is 14.9 Å². The molecule has 0 saturated heterocycles. The Balaban J connectivity index is 1.35. The molecule has 2 fully saturated rings. The van der Waals surface area contributed by atoms with Crippen molar-refractivity contribution in [1.29, 1.82) is 0 Å². The minimum absolute atomic E-state index is 0.0205. The number of nitrogens with one attached hydrogen (secondary N) is 1. The zero-order valence-electron chi connectivity index (χ0n) is 15.8. The highest BCUT2D eigenvalue weighted by molar-refractivity contribution is 7.18. The number of carbonyl (C=O) groups excluding carboxylic acids is 1. The largest absolute Gasteiger partial charge is 0.352 e. The number of thiophene rings is 2. The van der Waals surface area contributed by atoms with Gasteiger partial charge < -0.3 is 5.32 Å². The molecule has 4 unspecified atom stereocenters. The topological polar surface area (TPSA) is 64.0 Å². The van der Waals surface area contributed by atoms with E-state index in [-0.39, 0.29) is 24.1 Å². The maximum Gasteiger partial charge on any atom is 0.263 e. The van der Waals surface area contributed by atoms with E-state index >= 15 is 0 Å². The summed E-state index contributed by atoms with van der Waals surface area (Å²) >= 11 is 3.07. The molecule has 0 spiro atoms. The fourth-order valence-corrected chi connectivity index (χ4v) is 6.88. The summed E-state index contributed by atoms with van der Waals surface area (Å²) in [6.07, 6.45) is 6.73. The van der Waals surface area contributed by atoms with E-state index in [1.807, 2.05) is 22.9 Å². The summed E-state index contributed by atoms with van der Waals surface area (Å²) in [4.78, 5) is 31.9. The molecule has 5 nitrogen and oxygen atoms in total. The fourth-order valence-electron chi connectivity index (χ4n) is 5.16. The minimum Gasteiger partial charge on any atom is -0.352 e. The molecule has 2 bridgehead atoms. The Kier molecular flexibility index (Phi) is 4.59. The summed E-state index contributed by atoms with van der Waals surface area (Å²) in [5, 5.41) is 7.74. The number of rotatable bonds is 5. The Bertz CT molecular complexity index is 1070. The van der Waals surface area contributed by atoms with Crippen molar-refractivity contribution in [3.8, 4) is 10.4 Å².